The highest BCUT2D eigenvalue weighted by Crippen LogP contribution is 2.15. The van der Waals surface area contributed by atoms with Crippen LogP contribution in [0.15, 0.2) is 72.9 Å². The van der Waals surface area contributed by atoms with Crippen LogP contribution in [0, 0.1) is 0 Å². The molecule has 0 aliphatic rings. The molecular formula is C57H98O6. The largest absolute Gasteiger partial charge is 0.462 e. The maximum atomic E-state index is 12.6. The van der Waals surface area contributed by atoms with Gasteiger partial charge in [0.05, 0.1) is 0 Å². The molecule has 1 unspecified atom stereocenters. The van der Waals surface area contributed by atoms with Crippen LogP contribution in [0.25, 0.3) is 0 Å². The predicted octanol–water partition coefficient (Wildman–Crippen LogP) is 17.4. The maximum Gasteiger partial charge on any atom is 0.306 e. The average Bonchev–Trinajstić information content (AvgIpc) is 3.28. The Bertz CT molecular complexity index is 1190. The van der Waals surface area contributed by atoms with Crippen LogP contribution < -0.4 is 0 Å². The SMILES string of the molecule is CC/C=C\C/C=C\C/C=C\C/C=C\C/C=C\C/C=C\CCCCCCCCCCCCCCC(=O)OCC(COC(=O)CCCCCCC)OC(=O)CCCCCCCCCCC. The Morgan fingerprint density at radius 3 is 0.968 bits per heavy atom. The molecule has 0 bridgehead atoms. The molecule has 0 fully saturated rings. The van der Waals surface area contributed by atoms with E-state index in [0.29, 0.717) is 19.3 Å². The molecule has 6 nitrogen and oxygen atoms in total. The molecule has 0 saturated carbocycles. The van der Waals surface area contributed by atoms with Gasteiger partial charge in [0, 0.05) is 19.3 Å². The quantitative estimate of drug-likeness (QED) is 0.0262. The lowest BCUT2D eigenvalue weighted by Gasteiger charge is -2.18. The van der Waals surface area contributed by atoms with Crippen molar-refractivity contribution in [1.29, 1.82) is 0 Å². The van der Waals surface area contributed by atoms with E-state index in [1.165, 1.54) is 109 Å². The summed E-state index contributed by atoms with van der Waals surface area (Å²) in [5, 5.41) is 0. The Kier molecular flexibility index (Phi) is 48.9. The first kappa shape index (κ1) is 59.9. The van der Waals surface area contributed by atoms with Gasteiger partial charge in [0.15, 0.2) is 6.10 Å². The third-order valence-electron chi connectivity index (χ3n) is 11.2. The van der Waals surface area contributed by atoms with Gasteiger partial charge in [0.1, 0.15) is 13.2 Å². The number of hydrogen-bond acceptors (Lipinski definition) is 6. The molecule has 0 aromatic rings. The lowest BCUT2D eigenvalue weighted by molar-refractivity contribution is -0.167. The van der Waals surface area contributed by atoms with E-state index in [1.807, 2.05) is 0 Å². The topological polar surface area (TPSA) is 78.9 Å². The van der Waals surface area contributed by atoms with E-state index in [1.54, 1.807) is 0 Å². The Morgan fingerprint density at radius 1 is 0.333 bits per heavy atom. The van der Waals surface area contributed by atoms with Crippen molar-refractivity contribution in [3.63, 3.8) is 0 Å². The number of rotatable bonds is 47. The van der Waals surface area contributed by atoms with Crippen LogP contribution in [-0.2, 0) is 28.6 Å². The fraction of sp³-hybridized carbons (Fsp3) is 0.737. The second kappa shape index (κ2) is 51.5. The molecule has 0 N–H and O–H groups in total. The molecule has 0 rings (SSSR count). The van der Waals surface area contributed by atoms with E-state index < -0.39 is 6.10 Å². The minimum absolute atomic E-state index is 0.0738. The summed E-state index contributed by atoms with van der Waals surface area (Å²) < 4.78 is 16.6. The second-order valence-electron chi connectivity index (χ2n) is 17.4. The Hall–Kier alpha value is -3.15. The minimum Gasteiger partial charge on any atom is -0.462 e. The van der Waals surface area contributed by atoms with Gasteiger partial charge >= 0.3 is 17.9 Å². The van der Waals surface area contributed by atoms with Crippen LogP contribution in [-0.4, -0.2) is 37.2 Å². The average molecular weight is 879 g/mol. The highest BCUT2D eigenvalue weighted by Gasteiger charge is 2.19. The van der Waals surface area contributed by atoms with Gasteiger partial charge < -0.3 is 14.2 Å². The monoisotopic (exact) mass is 879 g/mol. The van der Waals surface area contributed by atoms with E-state index >= 15 is 0 Å². The number of hydrogen-bond donors (Lipinski definition) is 0. The summed E-state index contributed by atoms with van der Waals surface area (Å²) >= 11 is 0. The van der Waals surface area contributed by atoms with Crippen molar-refractivity contribution in [1.82, 2.24) is 0 Å². The summed E-state index contributed by atoms with van der Waals surface area (Å²) in [5.74, 6) is -0.891. The fourth-order valence-corrected chi connectivity index (χ4v) is 7.27. The first-order valence-corrected chi connectivity index (χ1v) is 26.4. The number of esters is 3. The van der Waals surface area contributed by atoms with Crippen LogP contribution in [0.1, 0.15) is 252 Å². The number of allylic oxidation sites excluding steroid dienone is 12. The molecule has 1 atom stereocenters. The lowest BCUT2D eigenvalue weighted by Crippen LogP contribution is -2.30. The number of carbonyl (C=O) groups is 3. The van der Waals surface area contributed by atoms with E-state index in [9.17, 15) is 14.4 Å². The maximum absolute atomic E-state index is 12.6. The van der Waals surface area contributed by atoms with Crippen molar-refractivity contribution in [2.75, 3.05) is 13.2 Å². The zero-order valence-corrected chi connectivity index (χ0v) is 41.3. The van der Waals surface area contributed by atoms with E-state index in [2.05, 4.69) is 93.7 Å². The van der Waals surface area contributed by atoms with Gasteiger partial charge in [0.2, 0.25) is 0 Å². The fourth-order valence-electron chi connectivity index (χ4n) is 7.27. The lowest BCUT2D eigenvalue weighted by atomic mass is 10.0. The number of unbranched alkanes of at least 4 members (excludes halogenated alkanes) is 24. The van der Waals surface area contributed by atoms with Crippen molar-refractivity contribution in [2.24, 2.45) is 0 Å². The van der Waals surface area contributed by atoms with Crippen molar-refractivity contribution >= 4 is 17.9 Å². The predicted molar refractivity (Wildman–Crippen MR) is 270 cm³/mol. The minimum atomic E-state index is -0.766. The summed E-state index contributed by atoms with van der Waals surface area (Å²) in [6.45, 7) is 6.42. The molecule has 63 heavy (non-hydrogen) atoms. The second-order valence-corrected chi connectivity index (χ2v) is 17.4. The third kappa shape index (κ3) is 49.7. The molecule has 0 saturated heterocycles. The van der Waals surface area contributed by atoms with Gasteiger partial charge in [-0.3, -0.25) is 14.4 Å². The first-order chi connectivity index (χ1) is 31.0. The smallest absolute Gasteiger partial charge is 0.306 e. The van der Waals surface area contributed by atoms with Gasteiger partial charge in [-0.2, -0.15) is 0 Å². The molecular weight excluding hydrogens is 781 g/mol. The Balaban J connectivity index is 3.94. The number of ether oxygens (including phenoxy) is 3. The van der Waals surface area contributed by atoms with Crippen LogP contribution in [0.4, 0.5) is 0 Å². The highest BCUT2D eigenvalue weighted by atomic mass is 16.6. The van der Waals surface area contributed by atoms with Crippen LogP contribution in [0.3, 0.4) is 0 Å². The van der Waals surface area contributed by atoms with E-state index in [4.69, 9.17) is 14.2 Å². The van der Waals surface area contributed by atoms with Crippen molar-refractivity contribution in [3.05, 3.63) is 72.9 Å². The summed E-state index contributed by atoms with van der Waals surface area (Å²) in [6.07, 6.45) is 65.2. The Labute approximate surface area is 389 Å². The normalized spacial score (nSPS) is 12.6. The molecule has 0 aliphatic heterocycles. The Morgan fingerprint density at radius 2 is 0.619 bits per heavy atom. The van der Waals surface area contributed by atoms with E-state index in [-0.39, 0.29) is 31.1 Å². The summed E-state index contributed by atoms with van der Waals surface area (Å²) in [4.78, 5) is 37.5. The van der Waals surface area contributed by atoms with Gasteiger partial charge in [-0.1, -0.05) is 235 Å². The van der Waals surface area contributed by atoms with Crippen molar-refractivity contribution < 1.29 is 28.6 Å². The summed E-state index contributed by atoms with van der Waals surface area (Å²) in [6, 6.07) is 0. The molecule has 0 aromatic heterocycles. The van der Waals surface area contributed by atoms with Crippen LogP contribution in [0.2, 0.25) is 0 Å². The summed E-state index contributed by atoms with van der Waals surface area (Å²) in [5.41, 5.74) is 0. The molecule has 0 heterocycles. The molecule has 0 radical (unpaired) electrons. The van der Waals surface area contributed by atoms with Crippen LogP contribution in [0.5, 0.6) is 0 Å². The summed E-state index contributed by atoms with van der Waals surface area (Å²) in [7, 11) is 0. The highest BCUT2D eigenvalue weighted by molar-refractivity contribution is 5.71. The first-order valence-electron chi connectivity index (χ1n) is 26.4. The molecule has 0 spiro atoms. The van der Waals surface area contributed by atoms with Gasteiger partial charge in [-0.25, -0.2) is 0 Å². The van der Waals surface area contributed by atoms with Gasteiger partial charge in [-0.05, 0) is 70.6 Å². The van der Waals surface area contributed by atoms with Gasteiger partial charge in [0.25, 0.3) is 0 Å². The zero-order valence-electron chi connectivity index (χ0n) is 41.3. The molecule has 362 valence electrons. The van der Waals surface area contributed by atoms with Crippen LogP contribution >= 0.6 is 0 Å². The standard InChI is InChI=1S/C57H98O6/c1-4-7-10-13-15-17-18-19-20-21-22-23-24-25-26-27-28-29-30-31-32-33-34-35-36-37-38-40-41-44-47-50-56(59)62-53-54(52-61-55(58)49-46-43-12-9-6-3)63-57(60)51-48-45-42-39-16-14-11-8-5-2/h7,10,15,17,19-20,22-23,25-26,28-29,54H,4-6,8-9,11-14,16,18,21,24,27,30-53H2,1-3H3/b10-7-,17-15-,20-19-,23-22-,26-25-,29-28-. The van der Waals surface area contributed by atoms with Crippen molar-refractivity contribution in [2.45, 2.75) is 258 Å². The van der Waals surface area contributed by atoms with Crippen molar-refractivity contribution in [3.8, 4) is 0 Å². The third-order valence-corrected chi connectivity index (χ3v) is 11.2. The number of carbonyl (C=O) groups excluding carboxylic acids is 3. The van der Waals surface area contributed by atoms with E-state index in [0.717, 1.165) is 103 Å². The molecule has 6 heteroatoms. The zero-order chi connectivity index (χ0) is 45.8. The molecule has 0 aromatic carbocycles. The molecule has 0 aliphatic carbocycles. The van der Waals surface area contributed by atoms with Gasteiger partial charge in [-0.15, -0.1) is 0 Å². The molecule has 0 amide bonds.